The predicted octanol–water partition coefficient (Wildman–Crippen LogP) is 2.03. The quantitative estimate of drug-likeness (QED) is 0.461. The maximum absolute atomic E-state index is 11.5. The number of phenolic OH excluding ortho intramolecular Hbond substituents is 1. The number of hydrogen-bond donors (Lipinski definition) is 4. The molecule has 24 heavy (non-hydrogen) atoms. The molecule has 0 heterocycles. The summed E-state index contributed by atoms with van der Waals surface area (Å²) in [5, 5.41) is 12.8. The Morgan fingerprint density at radius 3 is 2.29 bits per heavy atom. The van der Waals surface area contributed by atoms with Gasteiger partial charge in [-0.1, -0.05) is 12.2 Å². The fourth-order valence-corrected chi connectivity index (χ4v) is 3.42. The van der Waals surface area contributed by atoms with Crippen LogP contribution in [0.3, 0.4) is 0 Å². The number of anilines is 1. The van der Waals surface area contributed by atoms with Gasteiger partial charge in [0.15, 0.2) is 0 Å². The molecule has 0 radical (unpaired) electrons. The first kappa shape index (κ1) is 18.2. The Balaban J connectivity index is 2.87. The van der Waals surface area contributed by atoms with Crippen LogP contribution in [0.25, 0.3) is 10.8 Å². The molecule has 0 aromatic heterocycles. The second-order valence-corrected chi connectivity index (χ2v) is 7.69. The van der Waals surface area contributed by atoms with Gasteiger partial charge in [-0.15, -0.1) is 0 Å². The van der Waals surface area contributed by atoms with Crippen molar-refractivity contribution in [1.29, 1.82) is 0 Å². The summed E-state index contributed by atoms with van der Waals surface area (Å²) in [5.74, 6) is -0.561. The van der Waals surface area contributed by atoms with Crippen LogP contribution in [0.15, 0.2) is 46.2 Å². The Hall–Kier alpha value is -2.14. The summed E-state index contributed by atoms with van der Waals surface area (Å²) >= 11 is 0. The Bertz CT molecular complexity index is 1020. The van der Waals surface area contributed by atoms with E-state index in [-0.39, 0.29) is 10.8 Å². The van der Waals surface area contributed by atoms with Gasteiger partial charge in [0.25, 0.3) is 20.2 Å². The molecule has 0 aliphatic rings. The molecule has 2 aromatic rings. The molecule has 0 aliphatic heterocycles. The largest absolute Gasteiger partial charge is 0.507 e. The van der Waals surface area contributed by atoms with E-state index in [1.807, 2.05) is 0 Å². The molecule has 0 amide bonds. The van der Waals surface area contributed by atoms with Crippen molar-refractivity contribution in [2.75, 3.05) is 11.9 Å². The maximum Gasteiger partial charge on any atom is 0.295 e. The monoisotopic (exact) mass is 373 g/mol. The third kappa shape index (κ3) is 3.67. The van der Waals surface area contributed by atoms with Crippen LogP contribution >= 0.6 is 0 Å². The molecule has 0 aliphatic carbocycles. The number of nitrogens with one attached hydrogen (secondary N) is 1. The first-order valence-electron chi connectivity index (χ1n) is 6.65. The zero-order chi connectivity index (χ0) is 18.1. The van der Waals surface area contributed by atoms with Gasteiger partial charge in [0.1, 0.15) is 10.6 Å². The van der Waals surface area contributed by atoms with E-state index in [1.165, 1.54) is 6.07 Å². The molecular formula is C14H15NO7S2. The molecule has 0 fully saturated rings. The van der Waals surface area contributed by atoms with Crippen LogP contribution in [0, 0.1) is 0 Å². The van der Waals surface area contributed by atoms with Crippen LogP contribution in [0.4, 0.5) is 5.69 Å². The van der Waals surface area contributed by atoms with Gasteiger partial charge in [-0.2, -0.15) is 16.8 Å². The van der Waals surface area contributed by atoms with Gasteiger partial charge in [0.2, 0.25) is 0 Å². The third-order valence-electron chi connectivity index (χ3n) is 3.25. The molecule has 8 nitrogen and oxygen atoms in total. The Morgan fingerprint density at radius 2 is 1.75 bits per heavy atom. The standard InChI is InChI=1S/C14H15NO7S2/c1-2-3-6-15-11-4-5-13(24(20,21)22)10-7-9(23(17,18)19)8-12(16)14(10)11/h2-5,7-8,15-16H,6H2,1H3,(H,17,18,19)(H,20,21,22)/b3-2+. The highest BCUT2D eigenvalue weighted by atomic mass is 32.2. The number of benzene rings is 2. The Kier molecular flexibility index (Phi) is 4.85. The lowest BCUT2D eigenvalue weighted by Crippen LogP contribution is -2.05. The highest BCUT2D eigenvalue weighted by molar-refractivity contribution is 7.86. The molecule has 0 atom stereocenters. The van der Waals surface area contributed by atoms with E-state index in [2.05, 4.69) is 5.32 Å². The van der Waals surface area contributed by atoms with Gasteiger partial charge in [-0.25, -0.2) is 0 Å². The van der Waals surface area contributed by atoms with E-state index in [0.717, 1.165) is 18.2 Å². The van der Waals surface area contributed by atoms with Crippen molar-refractivity contribution in [3.63, 3.8) is 0 Å². The van der Waals surface area contributed by atoms with Gasteiger partial charge in [-0.3, -0.25) is 9.11 Å². The molecule has 0 spiro atoms. The summed E-state index contributed by atoms with van der Waals surface area (Å²) in [7, 11) is -9.36. The smallest absolute Gasteiger partial charge is 0.295 e. The van der Waals surface area contributed by atoms with Crippen molar-refractivity contribution in [3.8, 4) is 5.75 Å². The van der Waals surface area contributed by atoms with Crippen LogP contribution in [-0.4, -0.2) is 37.6 Å². The molecule has 0 unspecified atom stereocenters. The fourth-order valence-electron chi connectivity index (χ4n) is 2.22. The van der Waals surface area contributed by atoms with Gasteiger partial charge in [-0.05, 0) is 25.1 Å². The van der Waals surface area contributed by atoms with E-state index in [0.29, 0.717) is 12.2 Å². The average molecular weight is 373 g/mol. The normalized spacial score (nSPS) is 12.8. The first-order chi connectivity index (χ1) is 11.1. The number of hydrogen-bond acceptors (Lipinski definition) is 6. The van der Waals surface area contributed by atoms with Gasteiger partial charge in [0, 0.05) is 29.1 Å². The molecular weight excluding hydrogens is 358 g/mol. The molecule has 2 aromatic carbocycles. The summed E-state index contributed by atoms with van der Waals surface area (Å²) in [5.41, 5.74) is 0.329. The van der Waals surface area contributed by atoms with E-state index in [9.17, 15) is 26.5 Å². The number of phenols is 1. The topological polar surface area (TPSA) is 141 Å². The summed E-state index contributed by atoms with van der Waals surface area (Å²) in [4.78, 5) is -1.28. The molecule has 0 saturated carbocycles. The fraction of sp³-hybridized carbons (Fsp3) is 0.143. The zero-order valence-corrected chi connectivity index (χ0v) is 14.1. The summed E-state index contributed by atoms with van der Waals surface area (Å²) in [6, 6.07) is 4.07. The van der Waals surface area contributed by atoms with E-state index >= 15 is 0 Å². The molecule has 2 rings (SSSR count). The summed E-state index contributed by atoms with van der Waals surface area (Å²) < 4.78 is 64.1. The Labute approximate surface area is 138 Å². The third-order valence-corrected chi connectivity index (χ3v) is 4.99. The molecule has 130 valence electrons. The highest BCUT2D eigenvalue weighted by Crippen LogP contribution is 2.37. The minimum Gasteiger partial charge on any atom is -0.507 e. The average Bonchev–Trinajstić information content (AvgIpc) is 2.44. The van der Waals surface area contributed by atoms with Crippen LogP contribution in [-0.2, 0) is 20.2 Å². The molecule has 4 N–H and O–H groups in total. The second kappa shape index (κ2) is 6.40. The van der Waals surface area contributed by atoms with Crippen LogP contribution < -0.4 is 5.32 Å². The lowest BCUT2D eigenvalue weighted by Gasteiger charge is -2.13. The summed E-state index contributed by atoms with van der Waals surface area (Å²) in [6.45, 7) is 2.17. The van der Waals surface area contributed by atoms with Crippen molar-refractivity contribution in [3.05, 3.63) is 36.4 Å². The van der Waals surface area contributed by atoms with Gasteiger partial charge in [0.05, 0.1) is 4.90 Å². The molecule has 10 heteroatoms. The first-order valence-corrected chi connectivity index (χ1v) is 9.53. The second-order valence-electron chi connectivity index (χ2n) is 4.88. The number of allylic oxidation sites excluding steroid dienone is 1. The lowest BCUT2D eigenvalue weighted by atomic mass is 10.1. The van der Waals surface area contributed by atoms with Crippen molar-refractivity contribution >= 4 is 36.7 Å². The SMILES string of the molecule is C/C=C/CNc1ccc(S(=O)(=O)O)c2cc(S(=O)(=O)O)cc(O)c12. The van der Waals surface area contributed by atoms with E-state index in [1.54, 1.807) is 19.1 Å². The highest BCUT2D eigenvalue weighted by Gasteiger charge is 2.21. The van der Waals surface area contributed by atoms with Crippen molar-refractivity contribution < 1.29 is 31.0 Å². The minimum absolute atomic E-state index is 0.00188. The zero-order valence-electron chi connectivity index (χ0n) is 12.5. The summed E-state index contributed by atoms with van der Waals surface area (Å²) in [6.07, 6.45) is 3.55. The van der Waals surface area contributed by atoms with E-state index in [4.69, 9.17) is 4.55 Å². The minimum atomic E-state index is -4.68. The van der Waals surface area contributed by atoms with Crippen molar-refractivity contribution in [1.82, 2.24) is 0 Å². The maximum atomic E-state index is 11.5. The van der Waals surface area contributed by atoms with Crippen LogP contribution in [0.2, 0.25) is 0 Å². The molecule has 0 bridgehead atoms. The Morgan fingerprint density at radius 1 is 1.08 bits per heavy atom. The van der Waals surface area contributed by atoms with Crippen molar-refractivity contribution in [2.24, 2.45) is 0 Å². The van der Waals surface area contributed by atoms with Gasteiger partial charge < -0.3 is 10.4 Å². The van der Waals surface area contributed by atoms with E-state index < -0.39 is 35.8 Å². The predicted molar refractivity (Wildman–Crippen MR) is 88.5 cm³/mol. The van der Waals surface area contributed by atoms with Crippen LogP contribution in [0.1, 0.15) is 6.92 Å². The number of fused-ring (bicyclic) bond motifs is 1. The van der Waals surface area contributed by atoms with Crippen molar-refractivity contribution in [2.45, 2.75) is 16.7 Å². The molecule has 0 saturated heterocycles. The number of aromatic hydroxyl groups is 1. The lowest BCUT2D eigenvalue weighted by molar-refractivity contribution is 0.470. The van der Waals surface area contributed by atoms with Crippen LogP contribution in [0.5, 0.6) is 5.75 Å². The number of rotatable bonds is 5. The van der Waals surface area contributed by atoms with Gasteiger partial charge >= 0.3 is 0 Å².